The van der Waals surface area contributed by atoms with Crippen LogP contribution in [0.4, 0.5) is 9.52 Å². The molecular formula is C14H17FN2S. The van der Waals surface area contributed by atoms with Crippen LogP contribution in [0.5, 0.6) is 0 Å². The predicted molar refractivity (Wildman–Crippen MR) is 74.6 cm³/mol. The van der Waals surface area contributed by atoms with Crippen molar-refractivity contribution >= 4 is 26.7 Å². The number of rotatable bonds is 3. The van der Waals surface area contributed by atoms with E-state index in [0.717, 1.165) is 33.7 Å². The molecule has 1 fully saturated rings. The second-order valence-corrected chi connectivity index (χ2v) is 6.21. The number of anilines is 1. The Morgan fingerprint density at radius 2 is 2.33 bits per heavy atom. The Bertz CT molecular complexity index is 552. The summed E-state index contributed by atoms with van der Waals surface area (Å²) >= 11 is 1.53. The molecule has 0 aliphatic heterocycles. The molecule has 1 N–H and O–H groups in total. The number of benzene rings is 1. The summed E-state index contributed by atoms with van der Waals surface area (Å²) in [4.78, 5) is 4.48. The molecule has 3 rings (SSSR count). The number of hydrogen-bond acceptors (Lipinski definition) is 3. The van der Waals surface area contributed by atoms with Crippen LogP contribution in [-0.4, -0.2) is 11.5 Å². The van der Waals surface area contributed by atoms with Crippen LogP contribution in [0.1, 0.15) is 26.2 Å². The van der Waals surface area contributed by atoms with Gasteiger partial charge in [-0.05, 0) is 36.5 Å². The molecule has 4 heteroatoms. The molecule has 1 heterocycles. The van der Waals surface area contributed by atoms with Gasteiger partial charge in [-0.2, -0.15) is 0 Å². The third-order valence-electron chi connectivity index (χ3n) is 3.91. The first-order valence-corrected chi connectivity index (χ1v) is 7.34. The van der Waals surface area contributed by atoms with E-state index < -0.39 is 0 Å². The van der Waals surface area contributed by atoms with E-state index in [9.17, 15) is 4.39 Å². The van der Waals surface area contributed by atoms with Gasteiger partial charge >= 0.3 is 0 Å². The highest BCUT2D eigenvalue weighted by atomic mass is 32.1. The molecular weight excluding hydrogens is 247 g/mol. The van der Waals surface area contributed by atoms with Crippen LogP contribution >= 0.6 is 11.3 Å². The van der Waals surface area contributed by atoms with E-state index >= 15 is 0 Å². The maximum atomic E-state index is 13.1. The van der Waals surface area contributed by atoms with Crippen LogP contribution in [0.25, 0.3) is 10.2 Å². The number of halogens is 1. The van der Waals surface area contributed by atoms with Crippen molar-refractivity contribution in [3.05, 3.63) is 24.0 Å². The fraction of sp³-hybridized carbons (Fsp3) is 0.500. The largest absolute Gasteiger partial charge is 0.361 e. The second kappa shape index (κ2) is 4.84. The van der Waals surface area contributed by atoms with E-state index in [1.165, 1.54) is 36.7 Å². The van der Waals surface area contributed by atoms with Crippen LogP contribution in [-0.2, 0) is 0 Å². The Balaban J connectivity index is 1.71. The van der Waals surface area contributed by atoms with E-state index in [2.05, 4.69) is 17.2 Å². The average Bonchev–Trinajstić information content (AvgIpc) is 2.92. The minimum Gasteiger partial charge on any atom is -0.361 e. The Hall–Kier alpha value is -1.16. The average molecular weight is 264 g/mol. The summed E-state index contributed by atoms with van der Waals surface area (Å²) in [6.07, 6.45) is 4.00. The molecule has 0 radical (unpaired) electrons. The number of nitrogens with one attached hydrogen (secondary N) is 1. The molecule has 2 atom stereocenters. The van der Waals surface area contributed by atoms with Crippen LogP contribution < -0.4 is 5.32 Å². The van der Waals surface area contributed by atoms with Gasteiger partial charge in [0, 0.05) is 6.54 Å². The molecule has 1 aliphatic carbocycles. The van der Waals surface area contributed by atoms with Crippen molar-refractivity contribution < 1.29 is 4.39 Å². The lowest BCUT2D eigenvalue weighted by molar-refractivity contribution is 0.439. The molecule has 1 aromatic heterocycles. The predicted octanol–water partition coefficient (Wildman–Crippen LogP) is 4.28. The molecule has 1 saturated carbocycles. The maximum Gasteiger partial charge on any atom is 0.183 e. The standard InChI is InChI=1S/C14H17FN2S/c1-9-3-2-4-10(9)8-16-14-17-12-6-5-11(15)7-13(12)18-14/h5-7,9-10H,2-4,8H2,1H3,(H,16,17). The van der Waals surface area contributed by atoms with Crippen LogP contribution in [0.3, 0.4) is 0 Å². The molecule has 0 amide bonds. The highest BCUT2D eigenvalue weighted by molar-refractivity contribution is 7.22. The first-order valence-electron chi connectivity index (χ1n) is 6.52. The molecule has 2 unspecified atom stereocenters. The van der Waals surface area contributed by atoms with Gasteiger partial charge in [0.25, 0.3) is 0 Å². The fourth-order valence-corrected chi connectivity index (χ4v) is 3.62. The van der Waals surface area contributed by atoms with Gasteiger partial charge in [-0.1, -0.05) is 31.1 Å². The molecule has 1 aromatic carbocycles. The Morgan fingerprint density at radius 1 is 1.44 bits per heavy atom. The van der Waals surface area contributed by atoms with Crippen molar-refractivity contribution in [1.82, 2.24) is 4.98 Å². The van der Waals surface area contributed by atoms with Gasteiger partial charge in [0.2, 0.25) is 0 Å². The summed E-state index contributed by atoms with van der Waals surface area (Å²) in [6.45, 7) is 3.32. The monoisotopic (exact) mass is 264 g/mol. The SMILES string of the molecule is CC1CCCC1CNc1nc2ccc(F)cc2s1. The van der Waals surface area contributed by atoms with E-state index in [1.807, 2.05) is 0 Å². The second-order valence-electron chi connectivity index (χ2n) is 5.18. The highest BCUT2D eigenvalue weighted by Gasteiger charge is 2.23. The van der Waals surface area contributed by atoms with E-state index in [0.29, 0.717) is 0 Å². The summed E-state index contributed by atoms with van der Waals surface area (Å²) < 4.78 is 14.0. The Kier molecular flexibility index (Phi) is 3.20. The van der Waals surface area contributed by atoms with Crippen molar-refractivity contribution in [1.29, 1.82) is 0 Å². The smallest absolute Gasteiger partial charge is 0.183 e. The van der Waals surface area contributed by atoms with Gasteiger partial charge in [0.15, 0.2) is 5.13 Å². The molecule has 0 saturated heterocycles. The van der Waals surface area contributed by atoms with Gasteiger partial charge in [0.1, 0.15) is 5.82 Å². The number of hydrogen-bond donors (Lipinski definition) is 1. The lowest BCUT2D eigenvalue weighted by Crippen LogP contribution is -2.16. The van der Waals surface area contributed by atoms with Crippen molar-refractivity contribution in [3.8, 4) is 0 Å². The van der Waals surface area contributed by atoms with Crippen molar-refractivity contribution in [2.45, 2.75) is 26.2 Å². The van der Waals surface area contributed by atoms with Gasteiger partial charge in [-0.15, -0.1) is 0 Å². The van der Waals surface area contributed by atoms with Gasteiger partial charge in [-0.25, -0.2) is 9.37 Å². The van der Waals surface area contributed by atoms with Crippen LogP contribution in [0.2, 0.25) is 0 Å². The van der Waals surface area contributed by atoms with Crippen molar-refractivity contribution in [2.24, 2.45) is 11.8 Å². The number of nitrogens with zero attached hydrogens (tertiary/aromatic N) is 1. The Labute approximate surface area is 110 Å². The molecule has 96 valence electrons. The van der Waals surface area contributed by atoms with E-state index in [-0.39, 0.29) is 5.82 Å². The van der Waals surface area contributed by atoms with Crippen molar-refractivity contribution in [2.75, 3.05) is 11.9 Å². The fourth-order valence-electron chi connectivity index (χ4n) is 2.72. The summed E-state index contributed by atoms with van der Waals surface area (Å²) in [5.41, 5.74) is 0.878. The quantitative estimate of drug-likeness (QED) is 0.894. The lowest BCUT2D eigenvalue weighted by Gasteiger charge is -2.14. The van der Waals surface area contributed by atoms with Crippen LogP contribution in [0.15, 0.2) is 18.2 Å². The zero-order valence-electron chi connectivity index (χ0n) is 10.4. The van der Waals surface area contributed by atoms with Gasteiger partial charge < -0.3 is 5.32 Å². The zero-order chi connectivity index (χ0) is 12.5. The normalized spacial score (nSPS) is 23.7. The third kappa shape index (κ3) is 2.34. The highest BCUT2D eigenvalue weighted by Crippen LogP contribution is 2.32. The number of aromatic nitrogens is 1. The summed E-state index contributed by atoms with van der Waals surface area (Å²) in [5.74, 6) is 1.38. The maximum absolute atomic E-state index is 13.1. The minimum atomic E-state index is -0.192. The van der Waals surface area contributed by atoms with Crippen LogP contribution in [0, 0.1) is 17.7 Å². The van der Waals surface area contributed by atoms with Gasteiger partial charge in [-0.3, -0.25) is 0 Å². The summed E-state index contributed by atoms with van der Waals surface area (Å²) in [5, 5.41) is 4.32. The summed E-state index contributed by atoms with van der Waals surface area (Å²) in [7, 11) is 0. The first-order chi connectivity index (χ1) is 8.72. The van der Waals surface area contributed by atoms with Crippen molar-refractivity contribution in [3.63, 3.8) is 0 Å². The number of fused-ring (bicyclic) bond motifs is 1. The molecule has 0 spiro atoms. The van der Waals surface area contributed by atoms with E-state index in [4.69, 9.17) is 0 Å². The lowest BCUT2D eigenvalue weighted by atomic mass is 9.98. The molecule has 1 aliphatic rings. The number of thiazole rings is 1. The molecule has 2 nitrogen and oxygen atoms in total. The minimum absolute atomic E-state index is 0.192. The molecule has 2 aromatic rings. The van der Waals surface area contributed by atoms with Gasteiger partial charge in [0.05, 0.1) is 10.2 Å². The zero-order valence-corrected chi connectivity index (χ0v) is 11.3. The third-order valence-corrected chi connectivity index (χ3v) is 4.88. The van der Waals surface area contributed by atoms with E-state index in [1.54, 1.807) is 12.1 Å². The molecule has 0 bridgehead atoms. The Morgan fingerprint density at radius 3 is 3.11 bits per heavy atom. The topological polar surface area (TPSA) is 24.9 Å². The first kappa shape index (κ1) is 11.9. The molecule has 18 heavy (non-hydrogen) atoms. The summed E-state index contributed by atoms with van der Waals surface area (Å²) in [6, 6.07) is 4.76.